The van der Waals surface area contributed by atoms with Crippen molar-refractivity contribution < 1.29 is 14.3 Å². The molecule has 1 amide bonds. The van der Waals surface area contributed by atoms with Gasteiger partial charge in [-0.2, -0.15) is 0 Å². The molecule has 0 aliphatic rings. The molecule has 3 aromatic carbocycles. The SMILES string of the molecule is COC(=O)c1ccc(C)c(NC(=O)c2cc(-c3ccc(C)c(C)c3)nc3ccccc23)c1. The number of amides is 1. The van der Waals surface area contributed by atoms with E-state index in [1.54, 1.807) is 18.2 Å². The van der Waals surface area contributed by atoms with E-state index in [2.05, 4.69) is 31.3 Å². The molecule has 4 aromatic rings. The smallest absolute Gasteiger partial charge is 0.337 e. The number of aryl methyl sites for hydroxylation is 3. The highest BCUT2D eigenvalue weighted by atomic mass is 16.5. The molecule has 1 N–H and O–H groups in total. The molecule has 160 valence electrons. The van der Waals surface area contributed by atoms with Crippen molar-refractivity contribution in [2.75, 3.05) is 12.4 Å². The van der Waals surface area contributed by atoms with Crippen molar-refractivity contribution in [3.05, 3.63) is 94.5 Å². The molecule has 0 fully saturated rings. The highest BCUT2D eigenvalue weighted by molar-refractivity contribution is 6.13. The lowest BCUT2D eigenvalue weighted by Crippen LogP contribution is -2.15. The molecule has 0 spiro atoms. The maximum Gasteiger partial charge on any atom is 0.337 e. The minimum absolute atomic E-state index is 0.265. The van der Waals surface area contributed by atoms with E-state index in [0.717, 1.165) is 27.7 Å². The van der Waals surface area contributed by atoms with Crippen molar-refractivity contribution in [1.82, 2.24) is 4.98 Å². The lowest BCUT2D eigenvalue weighted by Gasteiger charge is -2.13. The van der Waals surface area contributed by atoms with E-state index in [4.69, 9.17) is 9.72 Å². The van der Waals surface area contributed by atoms with Crippen LogP contribution in [-0.2, 0) is 4.74 Å². The normalized spacial score (nSPS) is 10.8. The van der Waals surface area contributed by atoms with Crippen LogP contribution in [0.4, 0.5) is 5.69 Å². The number of benzene rings is 3. The van der Waals surface area contributed by atoms with Gasteiger partial charge in [0.15, 0.2) is 0 Å². The Labute approximate surface area is 187 Å². The predicted molar refractivity (Wildman–Crippen MR) is 127 cm³/mol. The standard InChI is InChI=1S/C27H24N2O3/c1-16-9-11-19(13-18(16)3)25-15-22(21-7-5-6-8-23(21)28-25)26(30)29-24-14-20(27(31)32-4)12-10-17(24)2/h5-15H,1-4H3,(H,29,30). The molecule has 0 aliphatic heterocycles. The van der Waals surface area contributed by atoms with Crippen molar-refractivity contribution in [1.29, 1.82) is 0 Å². The number of pyridine rings is 1. The molecule has 1 heterocycles. The first-order valence-electron chi connectivity index (χ1n) is 10.3. The van der Waals surface area contributed by atoms with Gasteiger partial charge in [0.25, 0.3) is 5.91 Å². The monoisotopic (exact) mass is 424 g/mol. The summed E-state index contributed by atoms with van der Waals surface area (Å²) >= 11 is 0. The maximum absolute atomic E-state index is 13.4. The van der Waals surface area contributed by atoms with Crippen molar-refractivity contribution in [2.24, 2.45) is 0 Å². The van der Waals surface area contributed by atoms with E-state index in [9.17, 15) is 9.59 Å². The van der Waals surface area contributed by atoms with Gasteiger partial charge >= 0.3 is 5.97 Å². The van der Waals surface area contributed by atoms with Gasteiger partial charge in [0.1, 0.15) is 0 Å². The third-order valence-corrected chi connectivity index (χ3v) is 5.67. The van der Waals surface area contributed by atoms with Crippen LogP contribution in [0.15, 0.2) is 66.7 Å². The number of aromatic nitrogens is 1. The third-order valence-electron chi connectivity index (χ3n) is 5.67. The molecule has 0 saturated carbocycles. The van der Waals surface area contributed by atoms with Crippen molar-refractivity contribution in [3.63, 3.8) is 0 Å². The second-order valence-corrected chi connectivity index (χ2v) is 7.85. The summed E-state index contributed by atoms with van der Waals surface area (Å²) < 4.78 is 4.80. The van der Waals surface area contributed by atoms with E-state index >= 15 is 0 Å². The Morgan fingerprint density at radius 2 is 1.59 bits per heavy atom. The fourth-order valence-corrected chi connectivity index (χ4v) is 3.60. The lowest BCUT2D eigenvalue weighted by atomic mass is 10.0. The minimum atomic E-state index is -0.452. The molecule has 1 aromatic heterocycles. The molecular formula is C27H24N2O3. The third kappa shape index (κ3) is 4.10. The Hall–Kier alpha value is -3.99. The lowest BCUT2D eigenvalue weighted by molar-refractivity contribution is 0.0600. The van der Waals surface area contributed by atoms with Gasteiger partial charge < -0.3 is 10.1 Å². The molecule has 0 unspecified atom stereocenters. The zero-order chi connectivity index (χ0) is 22.8. The van der Waals surface area contributed by atoms with Gasteiger partial charge in [-0.25, -0.2) is 9.78 Å². The molecule has 0 aliphatic carbocycles. The number of ether oxygens (including phenoxy) is 1. The molecule has 5 heteroatoms. The summed E-state index contributed by atoms with van der Waals surface area (Å²) in [6.07, 6.45) is 0. The number of carbonyl (C=O) groups excluding carboxylic acids is 2. The molecule has 5 nitrogen and oxygen atoms in total. The number of carbonyl (C=O) groups is 2. The minimum Gasteiger partial charge on any atom is -0.465 e. The van der Waals surface area contributed by atoms with Crippen LogP contribution in [0.25, 0.3) is 22.2 Å². The van der Waals surface area contributed by atoms with Crippen LogP contribution in [0.3, 0.4) is 0 Å². The van der Waals surface area contributed by atoms with E-state index in [0.29, 0.717) is 16.8 Å². The van der Waals surface area contributed by atoms with E-state index in [1.165, 1.54) is 18.2 Å². The first kappa shape index (κ1) is 21.2. The number of rotatable bonds is 4. The Morgan fingerprint density at radius 3 is 2.34 bits per heavy atom. The zero-order valence-electron chi connectivity index (χ0n) is 18.5. The quantitative estimate of drug-likeness (QED) is 0.416. The van der Waals surface area contributed by atoms with Crippen molar-refractivity contribution >= 4 is 28.5 Å². The molecule has 0 radical (unpaired) electrons. The number of para-hydroxylation sites is 1. The van der Waals surface area contributed by atoms with Crippen LogP contribution in [0.5, 0.6) is 0 Å². The van der Waals surface area contributed by atoms with Crippen LogP contribution in [0, 0.1) is 20.8 Å². The number of esters is 1. The number of methoxy groups -OCH3 is 1. The summed E-state index contributed by atoms with van der Waals surface area (Å²) in [5.74, 6) is -0.717. The van der Waals surface area contributed by atoms with Crippen LogP contribution < -0.4 is 5.32 Å². The number of nitrogens with one attached hydrogen (secondary N) is 1. The summed E-state index contributed by atoms with van der Waals surface area (Å²) in [6, 6.07) is 20.7. The van der Waals surface area contributed by atoms with Crippen molar-refractivity contribution in [2.45, 2.75) is 20.8 Å². The van der Waals surface area contributed by atoms with Crippen LogP contribution >= 0.6 is 0 Å². The Bertz CT molecular complexity index is 1360. The van der Waals surface area contributed by atoms with Gasteiger partial charge in [0.2, 0.25) is 0 Å². The molecule has 0 bridgehead atoms. The maximum atomic E-state index is 13.4. The first-order chi connectivity index (χ1) is 15.4. The molecule has 0 saturated heterocycles. The first-order valence-corrected chi connectivity index (χ1v) is 10.3. The van der Waals surface area contributed by atoms with Gasteiger partial charge in [-0.15, -0.1) is 0 Å². The van der Waals surface area contributed by atoms with Gasteiger partial charge in [0, 0.05) is 16.6 Å². The van der Waals surface area contributed by atoms with Crippen LogP contribution in [0.2, 0.25) is 0 Å². The Balaban J connectivity index is 1.79. The number of anilines is 1. The highest BCUT2D eigenvalue weighted by Gasteiger charge is 2.16. The van der Waals surface area contributed by atoms with E-state index in [1.807, 2.05) is 43.3 Å². The summed E-state index contributed by atoms with van der Waals surface area (Å²) in [5.41, 5.74) is 7.11. The Morgan fingerprint density at radius 1 is 0.844 bits per heavy atom. The predicted octanol–water partition coefficient (Wildman–Crippen LogP) is 5.87. The topological polar surface area (TPSA) is 68.3 Å². The van der Waals surface area contributed by atoms with Gasteiger partial charge in [-0.3, -0.25) is 4.79 Å². The summed E-state index contributed by atoms with van der Waals surface area (Å²) in [5, 5.41) is 3.73. The fourth-order valence-electron chi connectivity index (χ4n) is 3.60. The van der Waals surface area contributed by atoms with Gasteiger partial charge in [-0.05, 0) is 67.8 Å². The largest absolute Gasteiger partial charge is 0.465 e. The van der Waals surface area contributed by atoms with E-state index < -0.39 is 5.97 Å². The van der Waals surface area contributed by atoms with Crippen LogP contribution in [-0.4, -0.2) is 24.0 Å². The zero-order valence-corrected chi connectivity index (χ0v) is 18.5. The van der Waals surface area contributed by atoms with Crippen molar-refractivity contribution in [3.8, 4) is 11.3 Å². The summed E-state index contributed by atoms with van der Waals surface area (Å²) in [4.78, 5) is 30.1. The second-order valence-electron chi connectivity index (χ2n) is 7.85. The average molecular weight is 425 g/mol. The summed E-state index contributed by atoms with van der Waals surface area (Å²) in [6.45, 7) is 6.00. The van der Waals surface area contributed by atoms with Gasteiger partial charge in [-0.1, -0.05) is 36.4 Å². The number of nitrogens with zero attached hydrogens (tertiary/aromatic N) is 1. The summed E-state index contributed by atoms with van der Waals surface area (Å²) in [7, 11) is 1.33. The highest BCUT2D eigenvalue weighted by Crippen LogP contribution is 2.27. The number of hydrogen-bond acceptors (Lipinski definition) is 4. The average Bonchev–Trinajstić information content (AvgIpc) is 2.80. The molecule has 32 heavy (non-hydrogen) atoms. The van der Waals surface area contributed by atoms with Crippen LogP contribution in [0.1, 0.15) is 37.4 Å². The number of fused-ring (bicyclic) bond motifs is 1. The molecule has 0 atom stereocenters. The second kappa shape index (κ2) is 8.63. The number of hydrogen-bond donors (Lipinski definition) is 1. The van der Waals surface area contributed by atoms with Gasteiger partial charge in [0.05, 0.1) is 29.4 Å². The fraction of sp³-hybridized carbons (Fsp3) is 0.148. The van der Waals surface area contributed by atoms with E-state index in [-0.39, 0.29) is 5.91 Å². The molecule has 4 rings (SSSR count). The Kier molecular flexibility index (Phi) is 5.73. The molecular weight excluding hydrogens is 400 g/mol.